The molecule has 5 aliphatic heterocycles. The quantitative estimate of drug-likeness (QED) is 0.0960. The maximum Gasteiger partial charge on any atom is 0.401 e. The molecule has 26 heteroatoms. The predicted octanol–water partition coefficient (Wildman–Crippen LogP) is 4.14. The van der Waals surface area contributed by atoms with Crippen molar-refractivity contribution in [1.29, 1.82) is 0 Å². The van der Waals surface area contributed by atoms with Crippen molar-refractivity contribution in [3.63, 3.8) is 0 Å². The SMILES string of the molecule is CC1CN(c2ccncc2N)CCN1C.CN(C)CC1(C)CCN(c2ccncc2N)CC1.CN1CCN(c2ccncc2N)CC1CO.CO[N+]1(CN(C)C)CCN(c2ccncc2N)CC1.Nc1cnccc1N1CCN(CC(F)(F)F)CC1. The Morgan fingerprint density at radius 1 is 0.558 bits per heavy atom. The number of hydrogen-bond donors (Lipinski definition) is 6. The highest BCUT2D eigenvalue weighted by molar-refractivity contribution is 5.69. The highest BCUT2D eigenvalue weighted by atomic mass is 19.4. The maximum absolute atomic E-state index is 12.2. The van der Waals surface area contributed by atoms with Crippen LogP contribution in [0.25, 0.3) is 0 Å². The number of pyridine rings is 5. The van der Waals surface area contributed by atoms with Gasteiger partial charge < -0.3 is 68.1 Å². The molecule has 10 heterocycles. The molecule has 5 aromatic heterocycles. The molecule has 5 saturated heterocycles. The van der Waals surface area contributed by atoms with Crippen molar-refractivity contribution in [2.24, 2.45) is 5.41 Å². The lowest BCUT2D eigenvalue weighted by Gasteiger charge is -2.43. The third-order valence-electron chi connectivity index (χ3n) is 16.7. The van der Waals surface area contributed by atoms with Crippen LogP contribution in [0.3, 0.4) is 0 Å². The van der Waals surface area contributed by atoms with Crippen LogP contribution in [0.5, 0.6) is 0 Å². The number of likely N-dealkylation sites (N-methyl/N-ethyl adjacent to an activating group) is 2. The molecule has 23 nitrogen and oxygen atoms in total. The van der Waals surface area contributed by atoms with Crippen molar-refractivity contribution in [2.45, 2.75) is 44.9 Å². The second-order valence-electron chi connectivity index (χ2n) is 24.0. The number of quaternary nitrogens is 1. The van der Waals surface area contributed by atoms with Gasteiger partial charge in [-0.05, 0) is 97.8 Å². The van der Waals surface area contributed by atoms with E-state index < -0.39 is 12.7 Å². The number of aliphatic hydroxyl groups is 1. The van der Waals surface area contributed by atoms with E-state index in [4.69, 9.17) is 33.5 Å². The summed E-state index contributed by atoms with van der Waals surface area (Å²) >= 11 is 0. The van der Waals surface area contributed by atoms with Crippen molar-refractivity contribution in [2.75, 3.05) is 234 Å². The summed E-state index contributed by atoms with van der Waals surface area (Å²) in [6.07, 6.45) is 15.5. The summed E-state index contributed by atoms with van der Waals surface area (Å²) in [5, 5.41) is 9.28. The molecule has 2 unspecified atom stereocenters. The van der Waals surface area contributed by atoms with Crippen molar-refractivity contribution >= 4 is 56.9 Å². The van der Waals surface area contributed by atoms with Crippen LogP contribution in [-0.4, -0.2) is 258 Å². The summed E-state index contributed by atoms with van der Waals surface area (Å²) in [6.45, 7) is 19.7. The summed E-state index contributed by atoms with van der Waals surface area (Å²) in [6, 6.07) is 10.5. The van der Waals surface area contributed by atoms with E-state index in [1.807, 2.05) is 42.4 Å². The minimum absolute atomic E-state index is 0.179. The van der Waals surface area contributed by atoms with Crippen LogP contribution < -0.4 is 53.2 Å². The van der Waals surface area contributed by atoms with Gasteiger partial charge in [0.05, 0.1) is 127 Å². The first-order chi connectivity index (χ1) is 40.9. The smallest absolute Gasteiger partial charge is 0.396 e. The first-order valence-electron chi connectivity index (χ1n) is 29.7. The van der Waals surface area contributed by atoms with Crippen molar-refractivity contribution in [3.8, 4) is 0 Å². The van der Waals surface area contributed by atoms with Crippen LogP contribution in [0.1, 0.15) is 26.7 Å². The molecule has 11 N–H and O–H groups in total. The highest BCUT2D eigenvalue weighted by Gasteiger charge is 2.36. The van der Waals surface area contributed by atoms with Gasteiger partial charge in [-0.15, -0.1) is 0 Å². The van der Waals surface area contributed by atoms with E-state index in [1.54, 1.807) is 68.9 Å². The summed E-state index contributed by atoms with van der Waals surface area (Å²) in [4.78, 5) is 47.3. The number of alkyl halides is 3. The monoisotopic (exact) mass is 1200 g/mol. The molecule has 5 fully saturated rings. The van der Waals surface area contributed by atoms with E-state index >= 15 is 0 Å². The summed E-state index contributed by atoms with van der Waals surface area (Å²) in [7, 11) is 14.4. The number of nitrogens with two attached hydrogens (primary N) is 5. The first kappa shape index (κ1) is 68.3. The molecule has 0 radical (unpaired) electrons. The normalized spacial score (nSPS) is 20.2. The molecular weight excluding hydrogens is 1100 g/mol. The fourth-order valence-electron chi connectivity index (χ4n) is 11.6. The van der Waals surface area contributed by atoms with Crippen molar-refractivity contribution < 1.29 is 27.8 Å². The molecule has 0 spiro atoms. The molecule has 10 rings (SSSR count). The standard InChI is InChI=1S/C14H24N4.C13H24N5O.C11H15F3N4.C11H18N4O.C11H18N4/c1-14(11-17(2)3)5-8-18(9-6-14)13-4-7-16-10-12(13)15;1-16(2)11-18(19-3)8-6-17(7-9-18)13-4-5-15-10-12(13)14;12-11(13,14)8-17-3-5-18(6-4-17)10-1-2-16-7-9(10)15;1-14-4-5-15(7-9(14)8-16)11-2-3-13-6-10(11)12;1-9-8-15(6-5-14(9)2)11-3-4-13-7-10(11)12/h4,7,10H,5-6,8-9,11,15H2,1-3H3;4-5,10H,6-9,11,14H2,1-3H3;1-2,7H,3-6,8,15H2;2-3,6,9,16H,4-5,7-8,12H2,1H3;3-4,7,9H,5-6,8,12H2,1-2H3/q;+1;;;. The lowest BCUT2D eigenvalue weighted by Crippen LogP contribution is -2.61. The third-order valence-corrected chi connectivity index (χ3v) is 16.7. The van der Waals surface area contributed by atoms with E-state index in [-0.39, 0.29) is 12.6 Å². The Bertz CT molecular complexity index is 2780. The second kappa shape index (κ2) is 32.3. The fraction of sp³-hybridized carbons (Fsp3) is 0.583. The Balaban J connectivity index is 0.000000172. The molecule has 5 aliphatic rings. The Labute approximate surface area is 508 Å². The van der Waals surface area contributed by atoms with E-state index in [2.05, 4.69) is 113 Å². The topological polar surface area (TPSA) is 256 Å². The van der Waals surface area contributed by atoms with Gasteiger partial charge in [0.15, 0.2) is 6.67 Å². The zero-order valence-electron chi connectivity index (χ0n) is 52.4. The number of halogens is 3. The summed E-state index contributed by atoms with van der Waals surface area (Å²) < 4.78 is 37.4. The molecule has 0 bridgehead atoms. The minimum Gasteiger partial charge on any atom is -0.396 e. The van der Waals surface area contributed by atoms with Gasteiger partial charge in [-0.2, -0.15) is 17.8 Å². The summed E-state index contributed by atoms with van der Waals surface area (Å²) in [5.74, 6) is 0. The average Bonchev–Trinajstić information content (AvgIpc) is 2.27. The number of piperidine rings is 1. The van der Waals surface area contributed by atoms with Gasteiger partial charge in [-0.3, -0.25) is 39.6 Å². The predicted molar refractivity (Wildman–Crippen MR) is 344 cm³/mol. The Kier molecular flexibility index (Phi) is 25.6. The molecule has 0 aromatic carbocycles. The van der Waals surface area contributed by atoms with E-state index in [9.17, 15) is 18.3 Å². The van der Waals surface area contributed by atoms with Gasteiger partial charge in [-0.25, -0.2) is 4.84 Å². The van der Waals surface area contributed by atoms with Gasteiger partial charge in [0.25, 0.3) is 0 Å². The molecule has 2 atom stereocenters. The highest BCUT2D eigenvalue weighted by Crippen LogP contribution is 2.35. The van der Waals surface area contributed by atoms with Crippen molar-refractivity contribution in [1.82, 2.24) is 49.4 Å². The zero-order chi connectivity index (χ0) is 62.6. The molecular formula is C60H99F3N21O2+. The fourth-order valence-corrected chi connectivity index (χ4v) is 11.6. The molecule has 86 heavy (non-hydrogen) atoms. The van der Waals surface area contributed by atoms with Gasteiger partial charge in [0.1, 0.15) is 13.1 Å². The van der Waals surface area contributed by atoms with Crippen LogP contribution in [0.4, 0.5) is 70.0 Å². The maximum atomic E-state index is 12.2. The number of hydroxylamine groups is 3. The van der Waals surface area contributed by atoms with E-state index in [0.29, 0.717) is 53.7 Å². The van der Waals surface area contributed by atoms with Crippen LogP contribution >= 0.6 is 0 Å². The van der Waals surface area contributed by atoms with Gasteiger partial charge in [-0.1, -0.05) is 6.92 Å². The number of hydrogen-bond acceptors (Lipinski definition) is 22. The number of piperazine rings is 4. The lowest BCUT2D eigenvalue weighted by molar-refractivity contribution is -1.11. The Morgan fingerprint density at radius 2 is 0.930 bits per heavy atom. The summed E-state index contributed by atoms with van der Waals surface area (Å²) in [5.41, 5.74) is 38.7. The van der Waals surface area contributed by atoms with Crippen molar-refractivity contribution in [3.05, 3.63) is 92.3 Å². The number of aliphatic hydroxyl groups excluding tert-OH is 1. The Hall–Kier alpha value is -6.78. The molecule has 0 saturated carbocycles. The number of nitrogens with zero attached hydrogens (tertiary/aromatic N) is 16. The number of aromatic nitrogens is 5. The average molecular weight is 1200 g/mol. The van der Waals surface area contributed by atoms with E-state index in [0.717, 1.165) is 137 Å². The number of nitrogen functional groups attached to an aromatic ring is 5. The number of anilines is 10. The Morgan fingerprint density at radius 3 is 1.29 bits per heavy atom. The van der Waals surface area contributed by atoms with E-state index in [1.165, 1.54) is 17.7 Å². The second-order valence-corrected chi connectivity index (χ2v) is 24.0. The van der Waals surface area contributed by atoms with Gasteiger partial charge >= 0.3 is 6.18 Å². The molecule has 0 aliphatic carbocycles. The first-order valence-corrected chi connectivity index (χ1v) is 29.7. The van der Waals surface area contributed by atoms with Crippen LogP contribution in [0.2, 0.25) is 0 Å². The van der Waals surface area contributed by atoms with Crippen LogP contribution in [0, 0.1) is 5.41 Å². The zero-order valence-corrected chi connectivity index (χ0v) is 52.4. The molecule has 5 aromatic rings. The minimum atomic E-state index is -4.13. The largest absolute Gasteiger partial charge is 0.401 e. The third kappa shape index (κ3) is 20.4. The van der Waals surface area contributed by atoms with Gasteiger partial charge in [0.2, 0.25) is 0 Å². The van der Waals surface area contributed by atoms with Crippen LogP contribution in [-0.2, 0) is 4.84 Å². The lowest BCUT2D eigenvalue weighted by atomic mass is 9.80. The number of rotatable bonds is 12. The molecule has 0 amide bonds. The molecule has 476 valence electrons. The van der Waals surface area contributed by atoms with Gasteiger partial charge in [0, 0.05) is 122 Å². The van der Waals surface area contributed by atoms with Crippen LogP contribution in [0.15, 0.2) is 92.3 Å².